The van der Waals surface area contributed by atoms with Gasteiger partial charge in [0, 0.05) is 11.1 Å². The third-order valence-corrected chi connectivity index (χ3v) is 3.63. The number of nitrogens with one attached hydrogen (secondary N) is 1. The summed E-state index contributed by atoms with van der Waals surface area (Å²) in [7, 11) is 0. The smallest absolute Gasteiger partial charge is 0.234 e. The summed E-state index contributed by atoms with van der Waals surface area (Å²) in [5.74, 6) is -2.73. The summed E-state index contributed by atoms with van der Waals surface area (Å²) >= 11 is 1.07. The van der Waals surface area contributed by atoms with Crippen LogP contribution in [0.5, 0.6) is 0 Å². The highest BCUT2D eigenvalue weighted by Gasteiger charge is 2.19. The normalized spacial score (nSPS) is 11.9. The number of carboxylic acids is 1. The number of carbonyl (C=O) groups excluding carboxylic acids is 2. The Balaban J connectivity index is 2.07. The van der Waals surface area contributed by atoms with Crippen molar-refractivity contribution in [2.75, 3.05) is 5.32 Å². The quantitative estimate of drug-likeness (QED) is 0.923. The summed E-state index contributed by atoms with van der Waals surface area (Å²) in [5.41, 5.74) is 0.270. The summed E-state index contributed by atoms with van der Waals surface area (Å²) < 4.78 is 12.7. The van der Waals surface area contributed by atoms with Crippen molar-refractivity contribution in [2.24, 2.45) is 0 Å². The van der Waals surface area contributed by atoms with Crippen molar-refractivity contribution in [1.29, 1.82) is 0 Å². The number of hydrogen-bond acceptors (Lipinski definition) is 5. The molecule has 0 aliphatic rings. The molecule has 0 unspecified atom stereocenters. The molecule has 0 spiro atoms. The second-order valence-corrected chi connectivity index (χ2v) is 4.97. The Morgan fingerprint density at radius 3 is 2.55 bits per heavy atom. The maximum Gasteiger partial charge on any atom is 0.234 e. The number of amides is 1. The van der Waals surface area contributed by atoms with Crippen LogP contribution in [0.2, 0.25) is 0 Å². The summed E-state index contributed by atoms with van der Waals surface area (Å²) in [5, 5.41) is 14.9. The Kier molecular flexibility index (Phi) is 4.09. The van der Waals surface area contributed by atoms with E-state index in [0.717, 1.165) is 11.3 Å². The van der Waals surface area contributed by atoms with E-state index in [1.165, 1.54) is 29.6 Å². The predicted molar refractivity (Wildman–Crippen MR) is 69.9 cm³/mol. The van der Waals surface area contributed by atoms with Gasteiger partial charge in [0.25, 0.3) is 0 Å². The second-order valence-electron chi connectivity index (χ2n) is 4.08. The molecule has 0 bridgehead atoms. The number of halogens is 1. The zero-order valence-electron chi connectivity index (χ0n) is 10.4. The second kappa shape index (κ2) is 5.79. The van der Waals surface area contributed by atoms with E-state index in [9.17, 15) is 19.1 Å². The van der Waals surface area contributed by atoms with Gasteiger partial charge in [0.05, 0.1) is 17.6 Å². The van der Waals surface area contributed by atoms with Gasteiger partial charge in [-0.15, -0.1) is 11.3 Å². The van der Waals surface area contributed by atoms with Crippen molar-refractivity contribution >= 4 is 28.9 Å². The van der Waals surface area contributed by atoms with E-state index in [1.54, 1.807) is 6.92 Å². The molecule has 1 aromatic heterocycles. The molecule has 20 heavy (non-hydrogen) atoms. The Hall–Kier alpha value is -2.28. The lowest BCUT2D eigenvalue weighted by Gasteiger charge is -2.09. The molecule has 1 atom stereocenters. The van der Waals surface area contributed by atoms with Crippen LogP contribution >= 0.6 is 11.3 Å². The largest absolute Gasteiger partial charge is 0.543 e. The molecule has 7 heteroatoms. The highest BCUT2D eigenvalue weighted by atomic mass is 32.1. The molecule has 0 aliphatic heterocycles. The maximum absolute atomic E-state index is 12.7. The van der Waals surface area contributed by atoms with E-state index in [-0.39, 0.29) is 11.6 Å². The third-order valence-electron chi connectivity index (χ3n) is 2.61. The average Bonchev–Trinajstić information content (AvgIpc) is 2.90. The van der Waals surface area contributed by atoms with Gasteiger partial charge in [0.15, 0.2) is 0 Å². The van der Waals surface area contributed by atoms with E-state index < -0.39 is 17.7 Å². The zero-order valence-corrected chi connectivity index (χ0v) is 11.2. The fourth-order valence-electron chi connectivity index (χ4n) is 1.48. The number of benzene rings is 1. The number of carboxylic acid groups (broad SMARTS) is 1. The van der Waals surface area contributed by atoms with Crippen LogP contribution in [0.25, 0.3) is 0 Å². The van der Waals surface area contributed by atoms with Gasteiger partial charge >= 0.3 is 0 Å². The van der Waals surface area contributed by atoms with Crippen LogP contribution in [0.1, 0.15) is 28.3 Å². The van der Waals surface area contributed by atoms with Crippen molar-refractivity contribution in [2.45, 2.75) is 12.8 Å². The van der Waals surface area contributed by atoms with Gasteiger partial charge in [0.1, 0.15) is 10.8 Å². The minimum Gasteiger partial charge on any atom is -0.543 e. The van der Waals surface area contributed by atoms with Gasteiger partial charge in [-0.25, -0.2) is 9.37 Å². The van der Waals surface area contributed by atoms with Crippen molar-refractivity contribution in [1.82, 2.24) is 4.98 Å². The van der Waals surface area contributed by atoms with E-state index in [4.69, 9.17) is 0 Å². The summed E-state index contributed by atoms with van der Waals surface area (Å²) in [4.78, 5) is 26.4. The average molecular weight is 293 g/mol. The fourth-order valence-corrected chi connectivity index (χ4v) is 2.32. The van der Waals surface area contributed by atoms with Gasteiger partial charge in [-0.3, -0.25) is 4.79 Å². The van der Waals surface area contributed by atoms with Crippen LogP contribution in [-0.4, -0.2) is 16.9 Å². The maximum atomic E-state index is 12.7. The number of nitrogens with zero attached hydrogens (tertiary/aromatic N) is 1. The molecule has 1 amide bonds. The standard InChI is InChI=1S/C13H11FN2O3S/c1-7(12-16-10(6-20-12)13(18)19)11(17)15-9-4-2-8(14)3-5-9/h2-7H,1H3,(H,15,17)(H,18,19)/p-1/t7-/m0/s1. The van der Waals surface area contributed by atoms with E-state index >= 15 is 0 Å². The molecule has 104 valence electrons. The summed E-state index contributed by atoms with van der Waals surface area (Å²) in [6, 6.07) is 5.35. The number of anilines is 1. The third kappa shape index (κ3) is 3.18. The van der Waals surface area contributed by atoms with Crippen molar-refractivity contribution in [3.05, 3.63) is 46.2 Å². The van der Waals surface area contributed by atoms with Crippen molar-refractivity contribution in [3.8, 4) is 0 Å². The predicted octanol–water partition coefficient (Wildman–Crippen LogP) is 1.39. The van der Waals surface area contributed by atoms with Crippen LogP contribution in [-0.2, 0) is 4.79 Å². The highest BCUT2D eigenvalue weighted by Crippen LogP contribution is 2.21. The first kappa shape index (κ1) is 14.1. The van der Waals surface area contributed by atoms with Crippen LogP contribution in [0.3, 0.4) is 0 Å². The molecule has 5 nitrogen and oxygen atoms in total. The lowest BCUT2D eigenvalue weighted by Crippen LogP contribution is -2.23. The van der Waals surface area contributed by atoms with Gasteiger partial charge in [0.2, 0.25) is 5.91 Å². The van der Waals surface area contributed by atoms with Gasteiger partial charge < -0.3 is 15.2 Å². The SMILES string of the molecule is C[C@@H](C(=O)Nc1ccc(F)cc1)c1nc(C(=O)[O-])cs1. The van der Waals surface area contributed by atoms with Crippen LogP contribution in [0.15, 0.2) is 29.6 Å². The lowest BCUT2D eigenvalue weighted by atomic mass is 10.1. The summed E-state index contributed by atoms with van der Waals surface area (Å²) in [6.07, 6.45) is 0. The molecule has 1 heterocycles. The molecule has 0 fully saturated rings. The van der Waals surface area contributed by atoms with E-state index in [1.807, 2.05) is 0 Å². The monoisotopic (exact) mass is 293 g/mol. The first-order chi connectivity index (χ1) is 9.47. The molecule has 2 rings (SSSR count). The molecule has 2 aromatic rings. The van der Waals surface area contributed by atoms with Crippen molar-refractivity contribution < 1.29 is 19.1 Å². The Morgan fingerprint density at radius 2 is 2.00 bits per heavy atom. The number of thiazole rings is 1. The van der Waals surface area contributed by atoms with Crippen LogP contribution < -0.4 is 10.4 Å². The molecule has 0 aliphatic carbocycles. The Morgan fingerprint density at radius 1 is 1.35 bits per heavy atom. The van der Waals surface area contributed by atoms with Crippen LogP contribution in [0, 0.1) is 5.82 Å². The zero-order chi connectivity index (χ0) is 14.7. The minimum absolute atomic E-state index is 0.188. The number of carbonyl (C=O) groups is 2. The molecule has 1 N–H and O–H groups in total. The summed E-state index contributed by atoms with van der Waals surface area (Å²) in [6.45, 7) is 1.61. The molecule has 1 aromatic carbocycles. The van der Waals surface area contributed by atoms with E-state index in [0.29, 0.717) is 10.7 Å². The molecular weight excluding hydrogens is 283 g/mol. The van der Waals surface area contributed by atoms with Crippen LogP contribution in [0.4, 0.5) is 10.1 Å². The number of aromatic carboxylic acids is 1. The Labute approximate surface area is 118 Å². The van der Waals surface area contributed by atoms with E-state index in [2.05, 4.69) is 10.3 Å². The number of rotatable bonds is 4. The van der Waals surface area contributed by atoms with Crippen molar-refractivity contribution in [3.63, 3.8) is 0 Å². The van der Waals surface area contributed by atoms with Gasteiger partial charge in [-0.05, 0) is 31.2 Å². The fraction of sp³-hybridized carbons (Fsp3) is 0.154. The molecular formula is C13H10FN2O3S-. The topological polar surface area (TPSA) is 82.1 Å². The first-order valence-corrected chi connectivity index (χ1v) is 6.58. The minimum atomic E-state index is -1.38. The van der Waals surface area contributed by atoms with Gasteiger partial charge in [-0.2, -0.15) is 0 Å². The lowest BCUT2D eigenvalue weighted by molar-refractivity contribution is -0.255. The number of hydrogen-bond donors (Lipinski definition) is 1. The van der Waals surface area contributed by atoms with Gasteiger partial charge in [-0.1, -0.05) is 0 Å². The first-order valence-electron chi connectivity index (χ1n) is 5.70. The number of aromatic nitrogens is 1. The molecule has 0 radical (unpaired) electrons. The molecule has 0 saturated carbocycles. The highest BCUT2D eigenvalue weighted by molar-refractivity contribution is 7.10. The molecule has 0 saturated heterocycles. The Bertz CT molecular complexity index is 639.